The Morgan fingerprint density at radius 3 is 2.71 bits per heavy atom. The second kappa shape index (κ2) is 15.4. The highest BCUT2D eigenvalue weighted by atomic mass is 19.1. The smallest absolute Gasteiger partial charge is 0.258 e. The number of halogens is 1. The highest BCUT2D eigenvalue weighted by Crippen LogP contribution is 2.33. The Labute approximate surface area is 284 Å². The maximum Gasteiger partial charge on any atom is 0.258 e. The molecule has 11 nitrogen and oxygen atoms in total. The van der Waals surface area contributed by atoms with Crippen LogP contribution in [0.15, 0.2) is 60.7 Å². The van der Waals surface area contributed by atoms with Gasteiger partial charge in [-0.15, -0.1) is 0 Å². The molecule has 0 spiro atoms. The maximum absolute atomic E-state index is 14.8. The number of carbonyl (C=O) groups excluding carboxylic acids is 4. The molecule has 3 heterocycles. The largest absolute Gasteiger partial charge is 0.496 e. The summed E-state index contributed by atoms with van der Waals surface area (Å²) < 4.78 is 32.4. The van der Waals surface area contributed by atoms with Crippen molar-refractivity contribution in [3.8, 4) is 28.4 Å². The number of amides is 4. The zero-order valence-electron chi connectivity index (χ0n) is 27.5. The zero-order chi connectivity index (χ0) is 34.3. The SMILES string of the molecule is COc1ccc2cc1-c1cccc(c1)OCC(=O)NCc1cc(F)cc(c1)O[C@@H]1CCN(C(=O)CCN3CCCCCC3=O)C[C@H]1NC2=O. The highest BCUT2D eigenvalue weighted by molar-refractivity contribution is 5.96. The quantitative estimate of drug-likeness (QED) is 0.428. The van der Waals surface area contributed by atoms with Crippen LogP contribution in [0, 0.1) is 5.82 Å². The van der Waals surface area contributed by atoms with Gasteiger partial charge in [0.15, 0.2) is 6.61 Å². The predicted octanol–water partition coefficient (Wildman–Crippen LogP) is 4.08. The van der Waals surface area contributed by atoms with Gasteiger partial charge in [-0.1, -0.05) is 18.6 Å². The Hall–Kier alpha value is -5.13. The average molecular weight is 673 g/mol. The van der Waals surface area contributed by atoms with Gasteiger partial charge in [-0.2, -0.15) is 0 Å². The van der Waals surface area contributed by atoms with E-state index in [4.69, 9.17) is 14.2 Å². The minimum Gasteiger partial charge on any atom is -0.496 e. The van der Waals surface area contributed by atoms with Crippen LogP contribution in [0.3, 0.4) is 0 Å². The van der Waals surface area contributed by atoms with E-state index in [2.05, 4.69) is 10.6 Å². The normalized spacial score (nSPS) is 20.2. The lowest BCUT2D eigenvalue weighted by molar-refractivity contribution is -0.135. The Kier molecular flexibility index (Phi) is 10.6. The fraction of sp³-hybridized carbons (Fsp3) is 0.405. The molecule has 258 valence electrons. The maximum atomic E-state index is 14.8. The van der Waals surface area contributed by atoms with Crippen LogP contribution in [0.4, 0.5) is 4.39 Å². The molecule has 0 aromatic heterocycles. The number of nitrogens with one attached hydrogen (secondary N) is 2. The van der Waals surface area contributed by atoms with Crippen LogP contribution in [0.5, 0.6) is 17.2 Å². The van der Waals surface area contributed by atoms with Crippen LogP contribution >= 0.6 is 0 Å². The summed E-state index contributed by atoms with van der Waals surface area (Å²) in [6, 6.07) is 15.8. The molecule has 2 fully saturated rings. The van der Waals surface area contributed by atoms with Crippen molar-refractivity contribution in [2.45, 2.75) is 57.2 Å². The van der Waals surface area contributed by atoms with E-state index < -0.39 is 18.0 Å². The Balaban J connectivity index is 1.28. The van der Waals surface area contributed by atoms with Crippen molar-refractivity contribution >= 4 is 23.6 Å². The number of methoxy groups -OCH3 is 1. The summed E-state index contributed by atoms with van der Waals surface area (Å²) in [5, 5.41) is 5.84. The first kappa shape index (κ1) is 33.8. The molecule has 2 saturated heterocycles. The Morgan fingerprint density at radius 1 is 0.980 bits per heavy atom. The molecule has 6 bridgehead atoms. The number of nitrogens with zero attached hydrogens (tertiary/aromatic N) is 2. The third-order valence-electron chi connectivity index (χ3n) is 9.17. The van der Waals surface area contributed by atoms with Crippen LogP contribution in [0.25, 0.3) is 11.1 Å². The summed E-state index contributed by atoms with van der Waals surface area (Å²) in [4.78, 5) is 55.9. The van der Waals surface area contributed by atoms with Gasteiger partial charge in [-0.3, -0.25) is 19.2 Å². The lowest BCUT2D eigenvalue weighted by Gasteiger charge is -2.39. The number of hydrogen-bond acceptors (Lipinski definition) is 7. The number of piperidine rings is 1. The molecule has 2 atom stereocenters. The molecule has 0 saturated carbocycles. The van der Waals surface area contributed by atoms with E-state index in [0.29, 0.717) is 66.2 Å². The number of rotatable bonds is 4. The van der Waals surface area contributed by atoms with Gasteiger partial charge in [-0.25, -0.2) is 4.39 Å². The van der Waals surface area contributed by atoms with E-state index in [1.165, 1.54) is 12.1 Å². The third kappa shape index (κ3) is 8.48. The van der Waals surface area contributed by atoms with E-state index in [9.17, 15) is 23.6 Å². The molecule has 49 heavy (non-hydrogen) atoms. The number of ether oxygens (including phenoxy) is 3. The van der Waals surface area contributed by atoms with Crippen LogP contribution in [-0.4, -0.2) is 85.5 Å². The average Bonchev–Trinajstić information content (AvgIpc) is 3.32. The molecule has 3 aromatic rings. The summed E-state index contributed by atoms with van der Waals surface area (Å²) in [7, 11) is 1.54. The third-order valence-corrected chi connectivity index (χ3v) is 9.17. The molecular weight excluding hydrogens is 631 g/mol. The molecule has 3 aliphatic heterocycles. The van der Waals surface area contributed by atoms with Gasteiger partial charge in [0.25, 0.3) is 11.8 Å². The lowest BCUT2D eigenvalue weighted by atomic mass is 9.99. The summed E-state index contributed by atoms with van der Waals surface area (Å²) >= 11 is 0. The van der Waals surface area contributed by atoms with Crippen molar-refractivity contribution in [1.29, 1.82) is 0 Å². The van der Waals surface area contributed by atoms with Crippen LogP contribution in [0.1, 0.15) is 54.4 Å². The first-order valence-electron chi connectivity index (χ1n) is 16.8. The van der Waals surface area contributed by atoms with E-state index in [0.717, 1.165) is 19.3 Å². The fourth-order valence-electron chi connectivity index (χ4n) is 6.55. The van der Waals surface area contributed by atoms with Gasteiger partial charge in [-0.05, 0) is 66.4 Å². The molecule has 0 radical (unpaired) electrons. The predicted molar refractivity (Wildman–Crippen MR) is 179 cm³/mol. The summed E-state index contributed by atoms with van der Waals surface area (Å²) in [5.41, 5.74) is 2.20. The van der Waals surface area contributed by atoms with Crippen LogP contribution in [0.2, 0.25) is 0 Å². The molecule has 0 aliphatic carbocycles. The van der Waals surface area contributed by atoms with Crippen molar-refractivity contribution in [2.24, 2.45) is 0 Å². The van der Waals surface area contributed by atoms with Crippen LogP contribution < -0.4 is 24.8 Å². The Bertz CT molecular complexity index is 1720. The molecule has 4 amide bonds. The topological polar surface area (TPSA) is 127 Å². The lowest BCUT2D eigenvalue weighted by Crippen LogP contribution is -2.58. The molecule has 6 rings (SSSR count). The molecule has 3 aromatic carbocycles. The van der Waals surface area contributed by atoms with Crippen LogP contribution in [-0.2, 0) is 20.9 Å². The molecule has 12 heteroatoms. The monoisotopic (exact) mass is 672 g/mol. The number of carbonyl (C=O) groups is 4. The minimum atomic E-state index is -0.638. The first-order valence-corrected chi connectivity index (χ1v) is 16.8. The van der Waals surface area contributed by atoms with E-state index in [1.54, 1.807) is 59.4 Å². The number of fused-ring (bicyclic) bond motifs is 8. The summed E-state index contributed by atoms with van der Waals surface area (Å²) in [6.07, 6.45) is 3.28. The molecule has 0 unspecified atom stereocenters. The van der Waals surface area contributed by atoms with Gasteiger partial charge >= 0.3 is 0 Å². The molecular formula is C37H41FN4O7. The van der Waals surface area contributed by atoms with E-state index >= 15 is 0 Å². The molecule has 3 aliphatic rings. The number of likely N-dealkylation sites (tertiary alicyclic amines) is 2. The van der Waals surface area contributed by atoms with Crippen molar-refractivity contribution in [1.82, 2.24) is 20.4 Å². The first-order chi connectivity index (χ1) is 23.7. The zero-order valence-corrected chi connectivity index (χ0v) is 27.5. The van der Waals surface area contributed by atoms with Crippen molar-refractivity contribution in [3.63, 3.8) is 0 Å². The van der Waals surface area contributed by atoms with Gasteiger partial charge in [0.2, 0.25) is 11.8 Å². The van der Waals surface area contributed by atoms with E-state index in [1.807, 2.05) is 6.07 Å². The summed E-state index contributed by atoms with van der Waals surface area (Å²) in [6.45, 7) is 1.34. The number of hydrogen-bond donors (Lipinski definition) is 2. The van der Waals surface area contributed by atoms with Crippen molar-refractivity contribution in [2.75, 3.05) is 39.9 Å². The van der Waals surface area contributed by atoms with E-state index in [-0.39, 0.29) is 55.5 Å². The highest BCUT2D eigenvalue weighted by Gasteiger charge is 2.35. The van der Waals surface area contributed by atoms with Gasteiger partial charge < -0.3 is 34.6 Å². The van der Waals surface area contributed by atoms with Gasteiger partial charge in [0.05, 0.1) is 13.2 Å². The van der Waals surface area contributed by atoms with Gasteiger partial charge in [0.1, 0.15) is 29.2 Å². The minimum absolute atomic E-state index is 0.0476. The second-order valence-electron chi connectivity index (χ2n) is 12.6. The van der Waals surface area contributed by atoms with Gasteiger partial charge in [0, 0.05) is 69.2 Å². The van der Waals surface area contributed by atoms with Crippen molar-refractivity contribution in [3.05, 3.63) is 77.6 Å². The van der Waals surface area contributed by atoms with Crippen molar-refractivity contribution < 1.29 is 37.8 Å². The Morgan fingerprint density at radius 2 is 1.86 bits per heavy atom. The molecule has 2 N–H and O–H groups in total. The second-order valence-corrected chi connectivity index (χ2v) is 12.6. The fourth-order valence-corrected chi connectivity index (χ4v) is 6.55. The summed E-state index contributed by atoms with van der Waals surface area (Å²) in [5.74, 6) is -0.119. The number of benzene rings is 3. The standard InChI is InChI=1S/C37H41FN4O7/c1-47-32-10-9-26-19-30(32)25-6-5-7-28(18-25)48-23-34(43)39-21-24-16-27(38)20-29(17-24)49-33-11-14-42(22-31(33)40-37(26)46)36(45)12-15-41-13-4-2-3-8-35(41)44/h5-7,9-10,16-20,31,33H,2-4,8,11-15,21-23H2,1H3,(H,39,43)(H,40,46)/t31-,33-/m1/s1.